The molecule has 3 N–H and O–H groups in total. The molecule has 0 aliphatic carbocycles. The van der Waals surface area contributed by atoms with Crippen molar-refractivity contribution in [2.45, 2.75) is 26.1 Å². The van der Waals surface area contributed by atoms with Crippen LogP contribution in [0.2, 0.25) is 5.02 Å². The molecule has 0 radical (unpaired) electrons. The number of rotatable bonds is 6. The van der Waals surface area contributed by atoms with E-state index in [1.54, 1.807) is 14.0 Å². The van der Waals surface area contributed by atoms with Gasteiger partial charge < -0.3 is 16.0 Å². The van der Waals surface area contributed by atoms with Crippen molar-refractivity contribution >= 4 is 46.4 Å². The summed E-state index contributed by atoms with van der Waals surface area (Å²) >= 11 is 7.08. The summed E-state index contributed by atoms with van der Waals surface area (Å²) in [5, 5.41) is 8.18. The standard InChI is InChI=1S/C19H17ClF3N7O2S/c1-8-5-25-12(4-10(8)19(21,22)23)30-16(31)11-6-26-18(33-11)9(2)29-17(32)14-13(20)15(24-3)28-7-27-14/h4-7,9H,1-3H3,(H,29,32)(H,24,27,28)(H,25,30,31). The zero-order valence-electron chi connectivity index (χ0n) is 17.4. The summed E-state index contributed by atoms with van der Waals surface area (Å²) in [7, 11) is 1.59. The number of anilines is 2. The lowest BCUT2D eigenvalue weighted by molar-refractivity contribution is -0.138. The lowest BCUT2D eigenvalue weighted by atomic mass is 10.1. The van der Waals surface area contributed by atoms with Crippen molar-refractivity contribution in [1.82, 2.24) is 25.3 Å². The number of hydrogen-bond acceptors (Lipinski definition) is 8. The molecule has 14 heteroatoms. The van der Waals surface area contributed by atoms with E-state index in [9.17, 15) is 22.8 Å². The van der Waals surface area contributed by atoms with E-state index in [0.29, 0.717) is 5.01 Å². The third kappa shape index (κ3) is 5.54. The number of nitrogens with one attached hydrogen (secondary N) is 3. The highest BCUT2D eigenvalue weighted by molar-refractivity contribution is 7.13. The van der Waals surface area contributed by atoms with Crippen LogP contribution in [0.1, 0.15) is 49.3 Å². The Morgan fingerprint density at radius 1 is 1.12 bits per heavy atom. The molecule has 0 aliphatic heterocycles. The SMILES string of the molecule is CNc1ncnc(C(=O)NC(C)c2ncc(C(=O)Nc3cc(C(F)(F)F)c(C)cn3)s2)c1Cl. The number of thiazole rings is 1. The smallest absolute Gasteiger partial charge is 0.372 e. The average Bonchev–Trinajstić information content (AvgIpc) is 3.25. The lowest BCUT2D eigenvalue weighted by Crippen LogP contribution is -2.28. The first kappa shape index (κ1) is 24.3. The number of aryl methyl sites for hydroxylation is 1. The van der Waals surface area contributed by atoms with Crippen LogP contribution in [-0.2, 0) is 6.18 Å². The number of alkyl halides is 3. The van der Waals surface area contributed by atoms with Gasteiger partial charge in [-0.05, 0) is 25.5 Å². The second-order valence-electron chi connectivity index (χ2n) is 6.73. The molecule has 0 bridgehead atoms. The Morgan fingerprint density at radius 2 is 1.85 bits per heavy atom. The molecule has 3 aromatic rings. The van der Waals surface area contributed by atoms with Gasteiger partial charge in [-0.3, -0.25) is 9.59 Å². The normalized spacial score (nSPS) is 12.2. The van der Waals surface area contributed by atoms with Crippen molar-refractivity contribution < 1.29 is 22.8 Å². The van der Waals surface area contributed by atoms with Crippen LogP contribution in [0.4, 0.5) is 24.8 Å². The van der Waals surface area contributed by atoms with Gasteiger partial charge in [0.2, 0.25) is 0 Å². The number of halogens is 4. The molecule has 0 fully saturated rings. The molecule has 1 unspecified atom stereocenters. The fraction of sp³-hybridized carbons (Fsp3) is 0.263. The molecule has 0 spiro atoms. The van der Waals surface area contributed by atoms with E-state index in [0.717, 1.165) is 23.6 Å². The fourth-order valence-electron chi connectivity index (χ4n) is 2.70. The van der Waals surface area contributed by atoms with Crippen LogP contribution >= 0.6 is 22.9 Å². The fourth-order valence-corrected chi connectivity index (χ4v) is 3.79. The monoisotopic (exact) mass is 499 g/mol. The Labute approximate surface area is 194 Å². The van der Waals surface area contributed by atoms with Crippen molar-refractivity contribution in [3.8, 4) is 0 Å². The molecule has 0 aliphatic rings. The van der Waals surface area contributed by atoms with E-state index in [1.165, 1.54) is 19.4 Å². The summed E-state index contributed by atoms with van der Waals surface area (Å²) in [5.41, 5.74) is -0.988. The molecule has 3 rings (SSSR count). The van der Waals surface area contributed by atoms with Crippen LogP contribution in [0, 0.1) is 6.92 Å². The predicted octanol–water partition coefficient (Wildman–Crippen LogP) is 4.09. The first-order valence-electron chi connectivity index (χ1n) is 9.31. The topological polar surface area (TPSA) is 122 Å². The van der Waals surface area contributed by atoms with Crippen LogP contribution in [-0.4, -0.2) is 38.8 Å². The molecule has 0 saturated heterocycles. The molecule has 0 aromatic carbocycles. The molecule has 1 atom stereocenters. The van der Waals surface area contributed by atoms with E-state index < -0.39 is 29.6 Å². The van der Waals surface area contributed by atoms with Gasteiger partial charge in [-0.25, -0.2) is 19.9 Å². The lowest BCUT2D eigenvalue weighted by Gasteiger charge is -2.12. The summed E-state index contributed by atoms with van der Waals surface area (Å²) in [5.74, 6) is -1.21. The number of amides is 2. The highest BCUT2D eigenvalue weighted by Gasteiger charge is 2.33. The van der Waals surface area contributed by atoms with Gasteiger partial charge in [0.1, 0.15) is 32.9 Å². The number of carbonyl (C=O) groups excluding carboxylic acids is 2. The van der Waals surface area contributed by atoms with E-state index in [2.05, 4.69) is 35.9 Å². The van der Waals surface area contributed by atoms with Crippen molar-refractivity contribution in [3.05, 3.63) is 56.5 Å². The van der Waals surface area contributed by atoms with Gasteiger partial charge in [-0.15, -0.1) is 11.3 Å². The zero-order chi connectivity index (χ0) is 24.3. The highest BCUT2D eigenvalue weighted by atomic mass is 35.5. The van der Waals surface area contributed by atoms with Gasteiger partial charge in [0, 0.05) is 13.2 Å². The Hall–Kier alpha value is -3.32. The Bertz CT molecular complexity index is 1200. The summed E-state index contributed by atoms with van der Waals surface area (Å²) in [6.45, 7) is 2.92. The molecule has 2 amide bonds. The molecule has 33 heavy (non-hydrogen) atoms. The Morgan fingerprint density at radius 3 is 2.52 bits per heavy atom. The Balaban J connectivity index is 1.70. The molecule has 3 heterocycles. The number of aromatic nitrogens is 4. The van der Waals surface area contributed by atoms with Gasteiger partial charge >= 0.3 is 6.18 Å². The second kappa shape index (κ2) is 9.67. The minimum absolute atomic E-state index is 0.0386. The molecule has 9 nitrogen and oxygen atoms in total. The predicted molar refractivity (Wildman–Crippen MR) is 117 cm³/mol. The quantitative estimate of drug-likeness (QED) is 0.467. The van der Waals surface area contributed by atoms with Gasteiger partial charge in [0.25, 0.3) is 11.8 Å². The second-order valence-corrected chi connectivity index (χ2v) is 8.17. The minimum atomic E-state index is -4.57. The minimum Gasteiger partial charge on any atom is -0.372 e. The van der Waals surface area contributed by atoms with Crippen molar-refractivity contribution in [1.29, 1.82) is 0 Å². The van der Waals surface area contributed by atoms with Crippen LogP contribution in [0.15, 0.2) is 24.8 Å². The molecule has 174 valence electrons. The van der Waals surface area contributed by atoms with Crippen LogP contribution in [0.3, 0.4) is 0 Å². The molecular weight excluding hydrogens is 483 g/mol. The van der Waals surface area contributed by atoms with Gasteiger partial charge in [-0.2, -0.15) is 13.2 Å². The van der Waals surface area contributed by atoms with E-state index in [1.807, 2.05) is 0 Å². The largest absolute Gasteiger partial charge is 0.416 e. The van der Waals surface area contributed by atoms with Crippen LogP contribution < -0.4 is 16.0 Å². The van der Waals surface area contributed by atoms with E-state index in [4.69, 9.17) is 11.6 Å². The van der Waals surface area contributed by atoms with E-state index >= 15 is 0 Å². The third-order valence-corrected chi connectivity index (χ3v) is 5.89. The molecular formula is C19H17ClF3N7O2S. The van der Waals surface area contributed by atoms with Crippen molar-refractivity contribution in [3.63, 3.8) is 0 Å². The summed E-state index contributed by atoms with van der Waals surface area (Å²) < 4.78 is 39.2. The summed E-state index contributed by atoms with van der Waals surface area (Å²) in [4.78, 5) is 40.8. The molecule has 3 aromatic heterocycles. The molecule has 0 saturated carbocycles. The van der Waals surface area contributed by atoms with Crippen molar-refractivity contribution in [2.75, 3.05) is 17.7 Å². The summed E-state index contributed by atoms with van der Waals surface area (Å²) in [6.07, 6.45) is -1.09. The third-order valence-electron chi connectivity index (χ3n) is 4.36. The van der Waals surface area contributed by atoms with Gasteiger partial charge in [0.05, 0.1) is 17.8 Å². The zero-order valence-corrected chi connectivity index (χ0v) is 19.0. The average molecular weight is 500 g/mol. The Kier molecular flexibility index (Phi) is 7.12. The maximum atomic E-state index is 13.1. The van der Waals surface area contributed by atoms with Gasteiger partial charge in [-0.1, -0.05) is 11.6 Å². The van der Waals surface area contributed by atoms with Crippen molar-refractivity contribution in [2.24, 2.45) is 0 Å². The summed E-state index contributed by atoms with van der Waals surface area (Å²) in [6, 6.07) is 0.158. The first-order valence-corrected chi connectivity index (χ1v) is 10.5. The highest BCUT2D eigenvalue weighted by Crippen LogP contribution is 2.33. The maximum Gasteiger partial charge on any atom is 0.416 e. The first-order chi connectivity index (χ1) is 15.5. The number of nitrogens with zero attached hydrogens (tertiary/aromatic N) is 4. The number of hydrogen-bond donors (Lipinski definition) is 3. The van der Waals surface area contributed by atoms with Gasteiger partial charge in [0.15, 0.2) is 5.69 Å². The number of pyridine rings is 1. The number of carbonyl (C=O) groups is 2. The van der Waals surface area contributed by atoms with E-state index in [-0.39, 0.29) is 32.8 Å². The maximum absolute atomic E-state index is 13.1. The van der Waals surface area contributed by atoms with Crippen LogP contribution in [0.5, 0.6) is 0 Å². The van der Waals surface area contributed by atoms with Crippen LogP contribution in [0.25, 0.3) is 0 Å².